The second kappa shape index (κ2) is 15.7. The molecule has 0 aliphatic heterocycles. The number of aromatic amines is 1. The highest BCUT2D eigenvalue weighted by Crippen LogP contribution is 2.25. The van der Waals surface area contributed by atoms with E-state index in [-0.39, 0.29) is 12.5 Å². The molecule has 0 aliphatic rings. The smallest absolute Gasteiger partial charge is 0.245 e. The maximum atomic E-state index is 13.0. The van der Waals surface area contributed by atoms with Gasteiger partial charge in [0.1, 0.15) is 0 Å². The Hall–Kier alpha value is -3.28. The van der Waals surface area contributed by atoms with Crippen molar-refractivity contribution in [3.05, 3.63) is 84.0 Å². The highest BCUT2D eigenvalue weighted by atomic mass is 19.3. The van der Waals surface area contributed by atoms with Crippen molar-refractivity contribution in [3.63, 3.8) is 0 Å². The third-order valence-electron chi connectivity index (χ3n) is 5.38. The first-order valence-electron chi connectivity index (χ1n) is 12.7. The number of benzene rings is 1. The lowest BCUT2D eigenvalue weighted by molar-refractivity contribution is 0.0133. The molecule has 36 heavy (non-hydrogen) atoms. The molecule has 0 spiro atoms. The Bertz CT molecular complexity index is 1100. The van der Waals surface area contributed by atoms with Crippen molar-refractivity contribution in [2.45, 2.75) is 79.7 Å². The molecular weight excluding hydrogens is 454 g/mol. The van der Waals surface area contributed by atoms with Crippen LogP contribution in [0.2, 0.25) is 0 Å². The molecule has 0 bridgehead atoms. The third kappa shape index (κ3) is 10.1. The Morgan fingerprint density at radius 1 is 1.22 bits per heavy atom. The van der Waals surface area contributed by atoms with E-state index < -0.39 is 5.92 Å². The van der Waals surface area contributed by atoms with Crippen LogP contribution in [0.3, 0.4) is 0 Å². The fourth-order valence-electron chi connectivity index (χ4n) is 3.48. The summed E-state index contributed by atoms with van der Waals surface area (Å²) >= 11 is 0. The molecule has 2 aromatic heterocycles. The number of aliphatic imine (C=N–C) groups is 1. The molecule has 4 nitrogen and oxygen atoms in total. The van der Waals surface area contributed by atoms with Gasteiger partial charge in [-0.3, -0.25) is 9.98 Å². The van der Waals surface area contributed by atoms with E-state index in [0.29, 0.717) is 6.42 Å². The van der Waals surface area contributed by atoms with Crippen LogP contribution in [0.25, 0.3) is 16.6 Å². The first kappa shape index (κ1) is 30.8. The lowest BCUT2D eigenvalue weighted by Gasteiger charge is -2.16. The highest BCUT2D eigenvalue weighted by Gasteiger charge is 2.20. The van der Waals surface area contributed by atoms with Crippen molar-refractivity contribution < 1.29 is 8.78 Å². The second-order valence-corrected chi connectivity index (χ2v) is 8.31. The molecule has 6 heteroatoms. The molecule has 1 atom stereocenters. The molecule has 0 saturated carbocycles. The SMILES string of the molecule is C=C(NC(C)c1ccc(CCC(C)(F)F)cn1)c1cc2c(CC)cccc2[nH]1.CC.CC=N/C=C\C. The van der Waals surface area contributed by atoms with Crippen molar-refractivity contribution >= 4 is 22.8 Å². The number of hydrogen-bond donors (Lipinski definition) is 2. The van der Waals surface area contributed by atoms with Crippen molar-refractivity contribution in [1.29, 1.82) is 0 Å². The second-order valence-electron chi connectivity index (χ2n) is 8.31. The maximum Gasteiger partial charge on any atom is 0.245 e. The fraction of sp³-hybridized carbons (Fsp3) is 0.400. The fourth-order valence-corrected chi connectivity index (χ4v) is 3.48. The lowest BCUT2D eigenvalue weighted by Crippen LogP contribution is -2.18. The minimum Gasteiger partial charge on any atom is -0.376 e. The van der Waals surface area contributed by atoms with Crippen LogP contribution in [0.4, 0.5) is 8.78 Å². The Labute approximate surface area is 215 Å². The number of nitrogens with one attached hydrogen (secondary N) is 2. The third-order valence-corrected chi connectivity index (χ3v) is 5.38. The lowest BCUT2D eigenvalue weighted by atomic mass is 10.1. The number of aromatic nitrogens is 2. The highest BCUT2D eigenvalue weighted by molar-refractivity contribution is 5.87. The zero-order valence-corrected chi connectivity index (χ0v) is 22.8. The molecule has 1 aromatic carbocycles. The van der Waals surface area contributed by atoms with Gasteiger partial charge in [-0.1, -0.05) is 51.6 Å². The number of nitrogens with zero attached hydrogens (tertiary/aromatic N) is 2. The summed E-state index contributed by atoms with van der Waals surface area (Å²) in [4.78, 5) is 11.6. The van der Waals surface area contributed by atoms with E-state index in [1.54, 1.807) is 18.6 Å². The zero-order valence-electron chi connectivity index (χ0n) is 22.8. The minimum atomic E-state index is -2.65. The normalized spacial score (nSPS) is 12.1. The van der Waals surface area contributed by atoms with Crippen LogP contribution in [0.15, 0.2) is 66.4 Å². The largest absolute Gasteiger partial charge is 0.376 e. The monoisotopic (exact) mass is 496 g/mol. The minimum absolute atomic E-state index is 0.0498. The molecular formula is C30H42F2N4. The molecule has 1 unspecified atom stereocenters. The van der Waals surface area contributed by atoms with E-state index in [4.69, 9.17) is 0 Å². The molecule has 2 N–H and O–H groups in total. The van der Waals surface area contributed by atoms with E-state index in [9.17, 15) is 8.78 Å². The Kier molecular flexibility index (Phi) is 13.4. The van der Waals surface area contributed by atoms with Gasteiger partial charge < -0.3 is 10.3 Å². The van der Waals surface area contributed by atoms with E-state index in [1.807, 2.05) is 52.8 Å². The van der Waals surface area contributed by atoms with Crippen LogP contribution in [0, 0.1) is 0 Å². The first-order chi connectivity index (χ1) is 17.2. The van der Waals surface area contributed by atoms with Gasteiger partial charge in [0, 0.05) is 35.9 Å². The topological polar surface area (TPSA) is 53.1 Å². The number of halogens is 2. The van der Waals surface area contributed by atoms with Gasteiger partial charge in [-0.25, -0.2) is 8.78 Å². The molecule has 0 amide bonds. The summed E-state index contributed by atoms with van der Waals surface area (Å²) in [6.45, 7) is 17.1. The summed E-state index contributed by atoms with van der Waals surface area (Å²) in [5.74, 6) is -2.65. The Morgan fingerprint density at radius 2 is 1.94 bits per heavy atom. The average molecular weight is 497 g/mol. The average Bonchev–Trinajstić information content (AvgIpc) is 3.32. The molecule has 0 radical (unpaired) electrons. The van der Waals surface area contributed by atoms with Crippen LogP contribution in [-0.2, 0) is 12.8 Å². The maximum absolute atomic E-state index is 13.0. The molecule has 0 fully saturated rings. The number of fused-ring (bicyclic) bond motifs is 1. The van der Waals surface area contributed by atoms with Crippen LogP contribution in [0.1, 0.15) is 83.4 Å². The molecule has 2 heterocycles. The summed E-state index contributed by atoms with van der Waals surface area (Å²) in [5.41, 5.74) is 5.81. The van der Waals surface area contributed by atoms with Gasteiger partial charge in [0.25, 0.3) is 0 Å². The summed E-state index contributed by atoms with van der Waals surface area (Å²) < 4.78 is 26.0. The van der Waals surface area contributed by atoms with Gasteiger partial charge in [-0.05, 0) is 69.9 Å². The number of aryl methyl sites for hydroxylation is 2. The predicted molar refractivity (Wildman–Crippen MR) is 152 cm³/mol. The van der Waals surface area contributed by atoms with Gasteiger partial charge in [0.05, 0.1) is 23.1 Å². The Morgan fingerprint density at radius 3 is 2.47 bits per heavy atom. The summed E-state index contributed by atoms with van der Waals surface area (Å²) in [7, 11) is 0. The number of rotatable bonds is 9. The van der Waals surface area contributed by atoms with Crippen LogP contribution < -0.4 is 5.32 Å². The molecule has 196 valence electrons. The molecule has 3 rings (SSSR count). The number of pyridine rings is 1. The number of H-pyrrole nitrogens is 1. The number of hydrogen-bond acceptors (Lipinski definition) is 3. The number of alkyl halides is 2. The molecule has 0 saturated heterocycles. The van der Waals surface area contributed by atoms with Crippen molar-refractivity contribution in [2.75, 3.05) is 0 Å². The standard InChI is InChI=1S/C23H27F2N3.C5H9N.C2H6/c1-5-18-7-6-8-21-19(18)13-22(28-21)16(3)27-15(2)20-10-9-17(14-26-20)11-12-23(4,24)25;1-3-5-6-4-2;1-2/h6-10,13-15,27-28H,3,5,11-12H2,1-2,4H3;3-5H,1-2H3;1-2H3/b;5-3-,6-4?;. The Balaban J connectivity index is 0.000000710. The molecule has 0 aliphatic carbocycles. The van der Waals surface area contributed by atoms with E-state index in [1.165, 1.54) is 10.9 Å². The van der Waals surface area contributed by atoms with Crippen LogP contribution >= 0.6 is 0 Å². The zero-order chi connectivity index (χ0) is 27.1. The van der Waals surface area contributed by atoms with Crippen LogP contribution in [-0.4, -0.2) is 22.1 Å². The van der Waals surface area contributed by atoms with E-state index in [2.05, 4.69) is 58.0 Å². The summed E-state index contributed by atoms with van der Waals surface area (Å²) in [6.07, 6.45) is 8.20. The van der Waals surface area contributed by atoms with Gasteiger partial charge >= 0.3 is 0 Å². The van der Waals surface area contributed by atoms with Gasteiger partial charge in [0.2, 0.25) is 5.92 Å². The van der Waals surface area contributed by atoms with Crippen molar-refractivity contribution in [2.24, 2.45) is 4.99 Å². The van der Waals surface area contributed by atoms with Gasteiger partial charge in [0.15, 0.2) is 0 Å². The summed E-state index contributed by atoms with van der Waals surface area (Å²) in [5, 5.41) is 4.59. The van der Waals surface area contributed by atoms with Crippen molar-refractivity contribution in [1.82, 2.24) is 15.3 Å². The van der Waals surface area contributed by atoms with E-state index in [0.717, 1.165) is 41.5 Å². The predicted octanol–water partition coefficient (Wildman–Crippen LogP) is 8.67. The van der Waals surface area contributed by atoms with Gasteiger partial charge in [-0.15, -0.1) is 0 Å². The van der Waals surface area contributed by atoms with Crippen LogP contribution in [0.5, 0.6) is 0 Å². The molecule has 3 aromatic rings. The first-order valence-corrected chi connectivity index (χ1v) is 12.7. The number of allylic oxidation sites excluding steroid dienone is 1. The summed E-state index contributed by atoms with van der Waals surface area (Å²) in [6, 6.07) is 12.1. The quantitative estimate of drug-likeness (QED) is 0.291. The van der Waals surface area contributed by atoms with Gasteiger partial charge in [-0.2, -0.15) is 0 Å². The van der Waals surface area contributed by atoms with E-state index >= 15 is 0 Å². The van der Waals surface area contributed by atoms with Crippen molar-refractivity contribution in [3.8, 4) is 0 Å².